The Balaban J connectivity index is 1.45. The summed E-state index contributed by atoms with van der Waals surface area (Å²) in [7, 11) is 0. The molecule has 166 valence electrons. The number of primary amides is 1. The first-order valence-corrected chi connectivity index (χ1v) is 10.5. The molecule has 4 atom stereocenters. The van der Waals surface area contributed by atoms with Crippen LogP contribution in [0.5, 0.6) is 0 Å². The van der Waals surface area contributed by atoms with Crippen molar-refractivity contribution in [1.29, 1.82) is 0 Å². The van der Waals surface area contributed by atoms with Gasteiger partial charge in [-0.15, -0.1) is 4.80 Å². The second-order valence-electron chi connectivity index (χ2n) is 8.49. The van der Waals surface area contributed by atoms with E-state index >= 15 is 0 Å². The van der Waals surface area contributed by atoms with Gasteiger partial charge in [-0.1, -0.05) is 0 Å². The molecular formula is C21H24FN9O. The summed E-state index contributed by atoms with van der Waals surface area (Å²) < 4.78 is 14.8. The Labute approximate surface area is 183 Å². The maximum Gasteiger partial charge on any atom is 0.252 e. The van der Waals surface area contributed by atoms with Crippen LogP contribution in [0.4, 0.5) is 21.7 Å². The van der Waals surface area contributed by atoms with Gasteiger partial charge in [-0.3, -0.25) is 9.78 Å². The van der Waals surface area contributed by atoms with Crippen LogP contribution in [0.15, 0.2) is 30.7 Å². The highest BCUT2D eigenvalue weighted by molar-refractivity contribution is 5.98. The van der Waals surface area contributed by atoms with Crippen LogP contribution in [-0.4, -0.2) is 43.0 Å². The minimum atomic E-state index is -0.797. The van der Waals surface area contributed by atoms with Crippen molar-refractivity contribution < 1.29 is 9.18 Å². The van der Waals surface area contributed by atoms with E-state index in [4.69, 9.17) is 11.5 Å². The molecule has 1 amide bonds. The van der Waals surface area contributed by atoms with E-state index in [9.17, 15) is 9.18 Å². The number of carbonyl (C=O) groups excluding carboxylic acids is 1. The van der Waals surface area contributed by atoms with Crippen molar-refractivity contribution in [3.05, 3.63) is 47.8 Å². The number of rotatable bonds is 6. The van der Waals surface area contributed by atoms with E-state index in [0.717, 1.165) is 18.9 Å². The molecule has 2 aliphatic rings. The van der Waals surface area contributed by atoms with Crippen molar-refractivity contribution in [3.63, 3.8) is 0 Å². The van der Waals surface area contributed by atoms with Gasteiger partial charge in [-0.25, -0.2) is 9.37 Å². The fourth-order valence-electron chi connectivity index (χ4n) is 4.39. The number of hydrogen-bond acceptors (Lipinski definition) is 8. The molecule has 3 aromatic rings. The highest BCUT2D eigenvalue weighted by atomic mass is 19.1. The zero-order valence-electron chi connectivity index (χ0n) is 17.5. The fourth-order valence-corrected chi connectivity index (χ4v) is 4.39. The number of amides is 1. The number of pyridine rings is 2. The predicted octanol–water partition coefficient (Wildman–Crippen LogP) is 1.89. The molecule has 0 aliphatic heterocycles. The zero-order chi connectivity index (χ0) is 22.4. The number of aromatic nitrogens is 5. The van der Waals surface area contributed by atoms with Crippen molar-refractivity contribution >= 4 is 23.2 Å². The number of aryl methyl sites for hydroxylation is 1. The van der Waals surface area contributed by atoms with Crippen molar-refractivity contribution in [3.8, 4) is 5.69 Å². The van der Waals surface area contributed by atoms with Crippen molar-refractivity contribution in [2.24, 2.45) is 23.3 Å². The largest absolute Gasteiger partial charge is 0.365 e. The Bertz CT molecular complexity index is 1170. The van der Waals surface area contributed by atoms with Gasteiger partial charge in [0.25, 0.3) is 5.91 Å². The minimum absolute atomic E-state index is 0.0334. The maximum atomic E-state index is 14.8. The molecule has 0 radical (unpaired) electrons. The summed E-state index contributed by atoms with van der Waals surface area (Å²) in [4.78, 5) is 22.1. The molecular weight excluding hydrogens is 413 g/mol. The van der Waals surface area contributed by atoms with Gasteiger partial charge in [-0.05, 0) is 50.2 Å². The van der Waals surface area contributed by atoms with E-state index in [1.807, 2.05) is 6.92 Å². The van der Waals surface area contributed by atoms with E-state index in [-0.39, 0.29) is 29.3 Å². The van der Waals surface area contributed by atoms with Gasteiger partial charge in [0.15, 0.2) is 11.6 Å². The van der Waals surface area contributed by atoms with Gasteiger partial charge < -0.3 is 22.1 Å². The van der Waals surface area contributed by atoms with E-state index in [1.165, 1.54) is 11.2 Å². The van der Waals surface area contributed by atoms with Gasteiger partial charge in [0, 0.05) is 12.1 Å². The first-order chi connectivity index (χ1) is 15.4. The minimum Gasteiger partial charge on any atom is -0.365 e. The van der Waals surface area contributed by atoms with E-state index in [2.05, 4.69) is 30.8 Å². The third kappa shape index (κ3) is 3.86. The maximum absolute atomic E-state index is 14.8. The highest BCUT2D eigenvalue weighted by Gasteiger charge is 2.45. The molecule has 10 nitrogen and oxygen atoms in total. The first kappa shape index (κ1) is 20.3. The zero-order valence-corrected chi connectivity index (χ0v) is 17.5. The molecule has 0 bridgehead atoms. The normalized spacial score (nSPS) is 24.0. The fraction of sp³-hybridized carbons (Fsp3) is 0.381. The number of fused-ring (bicyclic) bond motifs is 1. The SMILES string of the molecule is Cc1ncc(Nc2nc(N[C@@H]3CC4CC4C[C@H]3N)c(F)cc2C(N)=O)cc1-n1nccn1. The molecule has 2 fully saturated rings. The topological polar surface area (TPSA) is 150 Å². The number of anilines is 3. The van der Waals surface area contributed by atoms with Crippen LogP contribution in [0.25, 0.3) is 5.69 Å². The summed E-state index contributed by atoms with van der Waals surface area (Å²) in [6.07, 6.45) is 7.69. The predicted molar refractivity (Wildman–Crippen MR) is 116 cm³/mol. The summed E-state index contributed by atoms with van der Waals surface area (Å²) in [6, 6.07) is 2.70. The quantitative estimate of drug-likeness (QED) is 0.457. The van der Waals surface area contributed by atoms with Gasteiger partial charge in [0.05, 0.1) is 35.5 Å². The van der Waals surface area contributed by atoms with E-state index in [1.54, 1.807) is 24.7 Å². The standard InChI is InChI=1S/C21H24FN9O/c1-10-18(31-26-2-3-27-31)7-13(9-25-10)28-20-14(19(24)32)8-15(22)21(30-20)29-17-6-12-4-11(12)5-16(17)23/h2-3,7-9,11-12,16-17H,4-6,23H2,1H3,(H2,24,32)(H2,28,29,30)/t11?,12?,16-,17-/m1/s1. The lowest BCUT2D eigenvalue weighted by Gasteiger charge is -2.29. The highest BCUT2D eigenvalue weighted by Crippen LogP contribution is 2.49. The Morgan fingerprint density at radius 3 is 2.66 bits per heavy atom. The molecule has 0 aromatic carbocycles. The van der Waals surface area contributed by atoms with Gasteiger partial charge >= 0.3 is 0 Å². The number of hydrogen-bond donors (Lipinski definition) is 4. The Morgan fingerprint density at radius 2 is 1.91 bits per heavy atom. The van der Waals surface area contributed by atoms with Gasteiger partial charge in [0.1, 0.15) is 11.5 Å². The average Bonchev–Trinajstić information content (AvgIpc) is 3.28. The third-order valence-electron chi connectivity index (χ3n) is 6.24. The smallest absolute Gasteiger partial charge is 0.252 e. The van der Waals surface area contributed by atoms with Crippen LogP contribution >= 0.6 is 0 Å². The average molecular weight is 437 g/mol. The van der Waals surface area contributed by atoms with Crippen LogP contribution in [-0.2, 0) is 0 Å². The lowest BCUT2D eigenvalue weighted by molar-refractivity contribution is 0.100. The van der Waals surface area contributed by atoms with Crippen LogP contribution in [0, 0.1) is 24.6 Å². The van der Waals surface area contributed by atoms with Crippen LogP contribution < -0.4 is 22.1 Å². The Kier molecular flexibility index (Phi) is 4.97. The molecule has 0 spiro atoms. The molecule has 3 aromatic heterocycles. The first-order valence-electron chi connectivity index (χ1n) is 10.5. The van der Waals surface area contributed by atoms with Crippen molar-refractivity contribution in [2.75, 3.05) is 10.6 Å². The van der Waals surface area contributed by atoms with Crippen molar-refractivity contribution in [2.45, 2.75) is 38.3 Å². The monoisotopic (exact) mass is 437 g/mol. The molecule has 3 heterocycles. The number of nitrogens with zero attached hydrogens (tertiary/aromatic N) is 5. The molecule has 6 N–H and O–H groups in total. The molecule has 0 saturated heterocycles. The second-order valence-corrected chi connectivity index (χ2v) is 8.49. The van der Waals surface area contributed by atoms with Gasteiger partial charge in [-0.2, -0.15) is 10.2 Å². The molecule has 2 saturated carbocycles. The Hall–Kier alpha value is -3.60. The molecule has 2 aliphatic carbocycles. The summed E-state index contributed by atoms with van der Waals surface area (Å²) >= 11 is 0. The summed E-state index contributed by atoms with van der Waals surface area (Å²) in [5.74, 6) is 0.0486. The Morgan fingerprint density at radius 1 is 1.16 bits per heavy atom. The summed E-state index contributed by atoms with van der Waals surface area (Å²) in [5, 5.41) is 14.4. The van der Waals surface area contributed by atoms with Crippen LogP contribution in [0.2, 0.25) is 0 Å². The van der Waals surface area contributed by atoms with E-state index < -0.39 is 11.7 Å². The molecule has 32 heavy (non-hydrogen) atoms. The van der Waals surface area contributed by atoms with Crippen LogP contribution in [0.3, 0.4) is 0 Å². The summed E-state index contributed by atoms with van der Waals surface area (Å²) in [6.45, 7) is 1.83. The van der Waals surface area contributed by atoms with E-state index in [0.29, 0.717) is 28.9 Å². The number of nitrogens with two attached hydrogens (primary N) is 2. The summed E-state index contributed by atoms with van der Waals surface area (Å²) in [5.41, 5.74) is 13.6. The second kappa shape index (κ2) is 7.83. The third-order valence-corrected chi connectivity index (χ3v) is 6.24. The molecule has 11 heteroatoms. The van der Waals surface area contributed by atoms with Crippen LogP contribution in [0.1, 0.15) is 35.3 Å². The van der Waals surface area contributed by atoms with Gasteiger partial charge in [0.2, 0.25) is 0 Å². The molecule has 2 unspecified atom stereocenters. The lowest BCUT2D eigenvalue weighted by Crippen LogP contribution is -2.43. The molecule has 5 rings (SSSR count). The van der Waals surface area contributed by atoms with Crippen molar-refractivity contribution in [1.82, 2.24) is 25.0 Å². The number of halogens is 1. The number of nitrogens with one attached hydrogen (secondary N) is 2. The number of carbonyl (C=O) groups is 1. The lowest BCUT2D eigenvalue weighted by atomic mass is 9.91.